The van der Waals surface area contributed by atoms with E-state index in [0.717, 1.165) is 17.4 Å². The quantitative estimate of drug-likeness (QED) is 0.486. The van der Waals surface area contributed by atoms with Crippen LogP contribution in [0, 0.1) is 0 Å². The van der Waals surface area contributed by atoms with E-state index in [1.54, 1.807) is 35.7 Å². The number of aromatic nitrogens is 2. The second kappa shape index (κ2) is 9.14. The van der Waals surface area contributed by atoms with E-state index in [1.165, 1.54) is 21.5 Å². The Morgan fingerprint density at radius 2 is 1.68 bits per heavy atom. The van der Waals surface area contributed by atoms with Gasteiger partial charge in [0.15, 0.2) is 0 Å². The van der Waals surface area contributed by atoms with Crippen LogP contribution in [-0.4, -0.2) is 21.1 Å². The van der Waals surface area contributed by atoms with Crippen molar-refractivity contribution < 1.29 is 4.79 Å². The van der Waals surface area contributed by atoms with Crippen molar-refractivity contribution in [3.8, 4) is 5.69 Å². The van der Waals surface area contributed by atoms with Crippen LogP contribution >= 0.6 is 11.3 Å². The van der Waals surface area contributed by atoms with Crippen molar-refractivity contribution in [1.82, 2.24) is 14.5 Å². The monoisotopic (exact) mass is 433 g/mol. The third-order valence-electron chi connectivity index (χ3n) is 5.19. The standard InChI is InChI=1S/C24H23N3O3S/c1-17(12-13-18-8-4-2-5-9-18)25-21(28)16-26-20-14-15-31-22(20)23(29)27(24(26)30)19-10-6-3-7-11-19/h2-11,14-15,17H,12-13,16H2,1H3,(H,25,28)/t17-/m1/s1. The topological polar surface area (TPSA) is 73.1 Å². The van der Waals surface area contributed by atoms with Crippen LogP contribution in [0.3, 0.4) is 0 Å². The molecule has 6 nitrogen and oxygen atoms in total. The van der Waals surface area contributed by atoms with Crippen LogP contribution in [-0.2, 0) is 17.8 Å². The zero-order valence-electron chi connectivity index (χ0n) is 17.2. The number of nitrogens with zero attached hydrogens (tertiary/aromatic N) is 2. The average Bonchev–Trinajstić information content (AvgIpc) is 3.27. The van der Waals surface area contributed by atoms with Gasteiger partial charge in [-0.1, -0.05) is 48.5 Å². The van der Waals surface area contributed by atoms with E-state index in [4.69, 9.17) is 0 Å². The van der Waals surface area contributed by atoms with Gasteiger partial charge in [0, 0.05) is 6.04 Å². The first-order valence-corrected chi connectivity index (χ1v) is 11.0. The Kier molecular flexibility index (Phi) is 6.13. The fraction of sp³-hybridized carbons (Fsp3) is 0.208. The van der Waals surface area contributed by atoms with Gasteiger partial charge in [-0.15, -0.1) is 11.3 Å². The molecule has 0 bridgehead atoms. The van der Waals surface area contributed by atoms with E-state index in [9.17, 15) is 14.4 Å². The smallest absolute Gasteiger partial charge is 0.336 e. The van der Waals surface area contributed by atoms with Gasteiger partial charge < -0.3 is 5.32 Å². The van der Waals surface area contributed by atoms with Gasteiger partial charge in [0.2, 0.25) is 5.91 Å². The number of fused-ring (bicyclic) bond motifs is 1. The zero-order valence-corrected chi connectivity index (χ0v) is 18.0. The minimum absolute atomic E-state index is 0.0404. The summed E-state index contributed by atoms with van der Waals surface area (Å²) in [5, 5.41) is 4.74. The molecule has 0 saturated carbocycles. The molecule has 0 aliphatic heterocycles. The SMILES string of the molecule is C[C@H](CCc1ccccc1)NC(=O)Cn1c(=O)n(-c2ccccc2)c(=O)c2sccc21. The van der Waals surface area contributed by atoms with Crippen LogP contribution in [0.1, 0.15) is 18.9 Å². The largest absolute Gasteiger partial charge is 0.352 e. The summed E-state index contributed by atoms with van der Waals surface area (Å²) in [5.74, 6) is -0.256. The van der Waals surface area contributed by atoms with Crippen LogP contribution in [0.15, 0.2) is 81.7 Å². The summed E-state index contributed by atoms with van der Waals surface area (Å²) in [5.41, 5.74) is 1.30. The maximum absolute atomic E-state index is 13.2. The van der Waals surface area contributed by atoms with Crippen molar-refractivity contribution in [3.05, 3.63) is 98.5 Å². The molecule has 0 aliphatic rings. The Labute approximate surface area is 183 Å². The fourth-order valence-electron chi connectivity index (χ4n) is 3.61. The second-order valence-electron chi connectivity index (χ2n) is 7.47. The normalized spacial score (nSPS) is 12.0. The van der Waals surface area contributed by atoms with E-state index < -0.39 is 5.69 Å². The molecule has 2 aromatic heterocycles. The Bertz CT molecular complexity index is 1310. The highest BCUT2D eigenvalue weighted by Gasteiger charge is 2.18. The highest BCUT2D eigenvalue weighted by atomic mass is 32.1. The molecule has 0 unspecified atom stereocenters. The summed E-state index contributed by atoms with van der Waals surface area (Å²) in [6.45, 7) is 1.81. The third kappa shape index (κ3) is 4.51. The fourth-order valence-corrected chi connectivity index (χ4v) is 4.43. The summed E-state index contributed by atoms with van der Waals surface area (Å²) >= 11 is 1.27. The molecular weight excluding hydrogens is 410 g/mol. The zero-order chi connectivity index (χ0) is 21.8. The number of carbonyl (C=O) groups is 1. The molecule has 0 fully saturated rings. The van der Waals surface area contributed by atoms with Gasteiger partial charge in [-0.2, -0.15) is 0 Å². The lowest BCUT2D eigenvalue weighted by Gasteiger charge is -2.16. The molecule has 1 N–H and O–H groups in total. The van der Waals surface area contributed by atoms with Crippen LogP contribution in [0.4, 0.5) is 0 Å². The molecule has 2 heterocycles. The lowest BCUT2D eigenvalue weighted by atomic mass is 10.1. The average molecular weight is 434 g/mol. The van der Waals surface area contributed by atoms with E-state index in [1.807, 2.05) is 31.2 Å². The van der Waals surface area contributed by atoms with Crippen LogP contribution in [0.2, 0.25) is 0 Å². The lowest BCUT2D eigenvalue weighted by molar-refractivity contribution is -0.122. The number of benzene rings is 2. The van der Waals surface area contributed by atoms with Crippen LogP contribution in [0.25, 0.3) is 15.9 Å². The number of nitrogens with one attached hydrogen (secondary N) is 1. The number of aryl methyl sites for hydroxylation is 1. The van der Waals surface area contributed by atoms with E-state index >= 15 is 0 Å². The second-order valence-corrected chi connectivity index (χ2v) is 8.39. The minimum Gasteiger partial charge on any atom is -0.352 e. The first kappa shape index (κ1) is 20.8. The summed E-state index contributed by atoms with van der Waals surface area (Å²) in [6, 6.07) is 20.5. The van der Waals surface area contributed by atoms with E-state index in [0.29, 0.717) is 15.9 Å². The summed E-state index contributed by atoms with van der Waals surface area (Å²) in [6.07, 6.45) is 1.65. The number of amides is 1. The van der Waals surface area contributed by atoms with Gasteiger partial charge in [0.1, 0.15) is 11.2 Å². The molecule has 0 spiro atoms. The van der Waals surface area contributed by atoms with Crippen molar-refractivity contribution >= 4 is 27.5 Å². The molecule has 0 saturated heterocycles. The Morgan fingerprint density at radius 1 is 1.00 bits per heavy atom. The lowest BCUT2D eigenvalue weighted by Crippen LogP contribution is -2.43. The van der Waals surface area contributed by atoms with E-state index in [2.05, 4.69) is 17.4 Å². The van der Waals surface area contributed by atoms with Gasteiger partial charge in [-0.3, -0.25) is 14.2 Å². The maximum atomic E-state index is 13.2. The number of para-hydroxylation sites is 1. The highest BCUT2D eigenvalue weighted by molar-refractivity contribution is 7.17. The van der Waals surface area contributed by atoms with Crippen molar-refractivity contribution in [2.24, 2.45) is 0 Å². The molecule has 1 amide bonds. The van der Waals surface area contributed by atoms with Crippen molar-refractivity contribution in [2.45, 2.75) is 32.4 Å². The molecule has 31 heavy (non-hydrogen) atoms. The maximum Gasteiger partial charge on any atom is 0.336 e. The predicted octanol–water partition coefficient (Wildman–Crippen LogP) is 3.35. The summed E-state index contributed by atoms with van der Waals surface area (Å²) in [4.78, 5) is 38.8. The molecule has 1 atom stereocenters. The number of hydrogen-bond acceptors (Lipinski definition) is 4. The Morgan fingerprint density at radius 3 is 2.39 bits per heavy atom. The van der Waals surface area contributed by atoms with Gasteiger partial charge in [-0.25, -0.2) is 9.36 Å². The number of carbonyl (C=O) groups excluding carboxylic acids is 1. The Balaban J connectivity index is 1.57. The molecular formula is C24H23N3O3S. The first-order chi connectivity index (χ1) is 15.0. The minimum atomic E-state index is -0.519. The summed E-state index contributed by atoms with van der Waals surface area (Å²) in [7, 11) is 0. The number of hydrogen-bond donors (Lipinski definition) is 1. The van der Waals surface area contributed by atoms with Gasteiger partial charge in [0.05, 0.1) is 11.2 Å². The summed E-state index contributed by atoms with van der Waals surface area (Å²) < 4.78 is 2.96. The number of rotatable bonds is 7. The third-order valence-corrected chi connectivity index (χ3v) is 6.08. The molecule has 2 aromatic carbocycles. The molecule has 0 aliphatic carbocycles. The molecule has 0 radical (unpaired) electrons. The highest BCUT2D eigenvalue weighted by Crippen LogP contribution is 2.16. The van der Waals surface area contributed by atoms with Gasteiger partial charge >= 0.3 is 5.69 Å². The first-order valence-electron chi connectivity index (χ1n) is 10.2. The van der Waals surface area contributed by atoms with Crippen LogP contribution in [0.5, 0.6) is 0 Å². The van der Waals surface area contributed by atoms with E-state index in [-0.39, 0.29) is 24.1 Å². The van der Waals surface area contributed by atoms with Gasteiger partial charge in [-0.05, 0) is 48.9 Å². The van der Waals surface area contributed by atoms with Crippen molar-refractivity contribution in [1.29, 1.82) is 0 Å². The number of thiophene rings is 1. The Hall–Kier alpha value is -3.45. The predicted molar refractivity (Wildman–Crippen MR) is 124 cm³/mol. The van der Waals surface area contributed by atoms with Crippen molar-refractivity contribution in [2.75, 3.05) is 0 Å². The van der Waals surface area contributed by atoms with Crippen molar-refractivity contribution in [3.63, 3.8) is 0 Å². The molecule has 7 heteroatoms. The van der Waals surface area contributed by atoms with Crippen LogP contribution < -0.4 is 16.6 Å². The molecule has 158 valence electrons. The molecule has 4 rings (SSSR count). The van der Waals surface area contributed by atoms with Gasteiger partial charge in [0.25, 0.3) is 5.56 Å². The molecule has 4 aromatic rings.